The largest absolute Gasteiger partial charge is 0.350 e. The number of carbonyl (C=O) groups excluding carboxylic acids is 2. The summed E-state index contributed by atoms with van der Waals surface area (Å²) >= 11 is 0. The minimum absolute atomic E-state index is 0.0909. The Hall–Kier alpha value is -2.63. The second-order valence-corrected chi connectivity index (χ2v) is 6.41. The summed E-state index contributed by atoms with van der Waals surface area (Å²) in [7, 11) is 0. The molecule has 132 valence electrons. The molecule has 1 saturated heterocycles. The van der Waals surface area contributed by atoms with Crippen molar-refractivity contribution in [2.75, 3.05) is 13.1 Å². The van der Waals surface area contributed by atoms with E-state index < -0.39 is 0 Å². The molecule has 25 heavy (non-hydrogen) atoms. The van der Waals surface area contributed by atoms with Gasteiger partial charge in [0.25, 0.3) is 0 Å². The van der Waals surface area contributed by atoms with E-state index >= 15 is 0 Å². The average molecular weight is 340 g/mol. The van der Waals surface area contributed by atoms with Gasteiger partial charge in [-0.15, -0.1) is 0 Å². The highest BCUT2D eigenvalue weighted by Gasteiger charge is 2.19. The number of benzene rings is 1. The number of rotatable bonds is 6. The van der Waals surface area contributed by atoms with Crippen molar-refractivity contribution in [2.45, 2.75) is 38.8 Å². The SMILES string of the molecule is O=C(CN1CCCCCC1=O)NCc1ccccc1Cn1ccnc1. The van der Waals surface area contributed by atoms with Crippen LogP contribution in [0.1, 0.15) is 36.8 Å². The highest BCUT2D eigenvalue weighted by molar-refractivity contribution is 5.84. The summed E-state index contributed by atoms with van der Waals surface area (Å²) in [6, 6.07) is 8.04. The number of nitrogens with one attached hydrogen (secondary N) is 1. The number of amides is 2. The third kappa shape index (κ3) is 4.92. The van der Waals surface area contributed by atoms with E-state index in [1.54, 1.807) is 17.4 Å². The normalized spacial score (nSPS) is 15.0. The van der Waals surface area contributed by atoms with Crippen molar-refractivity contribution in [3.05, 3.63) is 54.1 Å². The summed E-state index contributed by atoms with van der Waals surface area (Å²) in [5, 5.41) is 2.95. The minimum Gasteiger partial charge on any atom is -0.350 e. The van der Waals surface area contributed by atoms with Crippen LogP contribution in [0.4, 0.5) is 0 Å². The van der Waals surface area contributed by atoms with Crippen LogP contribution in [0.3, 0.4) is 0 Å². The Bertz CT molecular complexity index is 712. The Morgan fingerprint density at radius 2 is 2.00 bits per heavy atom. The fourth-order valence-electron chi connectivity index (χ4n) is 3.09. The van der Waals surface area contributed by atoms with Gasteiger partial charge in [0.2, 0.25) is 11.8 Å². The molecule has 3 rings (SSSR count). The minimum atomic E-state index is -0.104. The maximum Gasteiger partial charge on any atom is 0.239 e. The lowest BCUT2D eigenvalue weighted by molar-refractivity contribution is -0.135. The van der Waals surface area contributed by atoms with Crippen molar-refractivity contribution >= 4 is 11.8 Å². The van der Waals surface area contributed by atoms with Crippen molar-refractivity contribution in [3.63, 3.8) is 0 Å². The van der Waals surface area contributed by atoms with Crippen molar-refractivity contribution in [2.24, 2.45) is 0 Å². The molecule has 0 bridgehead atoms. The van der Waals surface area contributed by atoms with Crippen LogP contribution in [0.15, 0.2) is 43.0 Å². The molecule has 1 aromatic heterocycles. The number of likely N-dealkylation sites (tertiary alicyclic amines) is 1. The zero-order valence-electron chi connectivity index (χ0n) is 14.4. The van der Waals surface area contributed by atoms with E-state index in [0.717, 1.165) is 36.9 Å². The molecular formula is C19H24N4O2. The van der Waals surface area contributed by atoms with Gasteiger partial charge in [0.05, 0.1) is 12.9 Å². The third-order valence-corrected chi connectivity index (χ3v) is 4.51. The van der Waals surface area contributed by atoms with E-state index in [4.69, 9.17) is 0 Å². The van der Waals surface area contributed by atoms with Crippen LogP contribution >= 0.6 is 0 Å². The molecule has 0 aliphatic carbocycles. The highest BCUT2D eigenvalue weighted by Crippen LogP contribution is 2.12. The van der Waals surface area contributed by atoms with Crippen molar-refractivity contribution in [3.8, 4) is 0 Å². The molecule has 2 heterocycles. The molecular weight excluding hydrogens is 316 g/mol. The molecule has 1 aliphatic rings. The molecule has 0 unspecified atom stereocenters. The Kier molecular flexibility index (Phi) is 5.82. The fraction of sp³-hybridized carbons (Fsp3) is 0.421. The predicted octanol–water partition coefficient (Wildman–Crippen LogP) is 1.95. The van der Waals surface area contributed by atoms with Crippen molar-refractivity contribution < 1.29 is 9.59 Å². The quantitative estimate of drug-likeness (QED) is 0.874. The van der Waals surface area contributed by atoms with Gasteiger partial charge in [-0.1, -0.05) is 30.7 Å². The van der Waals surface area contributed by atoms with E-state index in [2.05, 4.69) is 16.4 Å². The number of carbonyl (C=O) groups is 2. The van der Waals surface area contributed by atoms with Gasteiger partial charge in [0, 0.05) is 38.4 Å². The molecule has 6 heteroatoms. The zero-order valence-corrected chi connectivity index (χ0v) is 14.4. The summed E-state index contributed by atoms with van der Waals surface area (Å²) in [5.41, 5.74) is 2.22. The van der Waals surface area contributed by atoms with E-state index in [-0.39, 0.29) is 18.4 Å². The van der Waals surface area contributed by atoms with Gasteiger partial charge in [-0.3, -0.25) is 9.59 Å². The molecule has 0 radical (unpaired) electrons. The Morgan fingerprint density at radius 3 is 2.80 bits per heavy atom. The molecule has 1 aromatic carbocycles. The molecule has 6 nitrogen and oxygen atoms in total. The predicted molar refractivity (Wildman–Crippen MR) is 94.7 cm³/mol. The standard InChI is InChI=1S/C19H24N4O2/c24-18(14-23-10-5-1-2-8-19(23)25)21-12-16-6-3-4-7-17(16)13-22-11-9-20-15-22/h3-4,6-7,9,11,15H,1-2,5,8,10,12-14H2,(H,21,24). The number of nitrogens with zero attached hydrogens (tertiary/aromatic N) is 3. The molecule has 0 spiro atoms. The number of hydrogen-bond donors (Lipinski definition) is 1. The summed E-state index contributed by atoms with van der Waals surface area (Å²) in [6.07, 6.45) is 8.97. The van der Waals surface area contributed by atoms with Crippen LogP contribution in [0.5, 0.6) is 0 Å². The molecule has 0 atom stereocenters. The smallest absolute Gasteiger partial charge is 0.239 e. The van der Waals surface area contributed by atoms with Crippen LogP contribution in [0.2, 0.25) is 0 Å². The summed E-state index contributed by atoms with van der Waals surface area (Å²) in [5.74, 6) is -0.0131. The maximum absolute atomic E-state index is 12.3. The first kappa shape index (κ1) is 17.2. The lowest BCUT2D eigenvalue weighted by atomic mass is 10.1. The maximum atomic E-state index is 12.3. The number of imidazole rings is 1. The monoisotopic (exact) mass is 340 g/mol. The topological polar surface area (TPSA) is 67.2 Å². The highest BCUT2D eigenvalue weighted by atomic mass is 16.2. The van der Waals surface area contributed by atoms with Gasteiger partial charge in [-0.05, 0) is 24.0 Å². The van der Waals surface area contributed by atoms with Gasteiger partial charge in [-0.25, -0.2) is 4.98 Å². The average Bonchev–Trinajstić information content (AvgIpc) is 3.04. The second-order valence-electron chi connectivity index (χ2n) is 6.41. The zero-order chi connectivity index (χ0) is 17.5. The summed E-state index contributed by atoms with van der Waals surface area (Å²) < 4.78 is 2.00. The molecule has 1 fully saturated rings. The first-order chi connectivity index (χ1) is 12.2. The number of hydrogen-bond acceptors (Lipinski definition) is 3. The molecule has 2 amide bonds. The first-order valence-electron chi connectivity index (χ1n) is 8.79. The summed E-state index contributed by atoms with van der Waals surface area (Å²) in [4.78, 5) is 30.0. The van der Waals surface area contributed by atoms with Crippen molar-refractivity contribution in [1.29, 1.82) is 0 Å². The van der Waals surface area contributed by atoms with Gasteiger partial charge >= 0.3 is 0 Å². The van der Waals surface area contributed by atoms with E-state index in [9.17, 15) is 9.59 Å². The first-order valence-corrected chi connectivity index (χ1v) is 8.79. The van der Waals surface area contributed by atoms with E-state index in [1.165, 1.54) is 0 Å². The molecule has 2 aromatic rings. The Labute approximate surface area is 147 Å². The number of aromatic nitrogens is 2. The van der Waals surface area contributed by atoms with Gasteiger partial charge in [0.15, 0.2) is 0 Å². The Morgan fingerprint density at radius 1 is 1.16 bits per heavy atom. The van der Waals surface area contributed by atoms with E-state index in [0.29, 0.717) is 19.5 Å². The van der Waals surface area contributed by atoms with Crippen molar-refractivity contribution in [1.82, 2.24) is 19.8 Å². The third-order valence-electron chi connectivity index (χ3n) is 4.51. The van der Waals surface area contributed by atoms with Gasteiger partial charge in [0.1, 0.15) is 0 Å². The lowest BCUT2D eigenvalue weighted by Crippen LogP contribution is -2.40. The van der Waals surface area contributed by atoms with Crippen LogP contribution in [0.25, 0.3) is 0 Å². The lowest BCUT2D eigenvalue weighted by Gasteiger charge is -2.20. The molecule has 0 saturated carbocycles. The van der Waals surface area contributed by atoms with Crippen LogP contribution < -0.4 is 5.32 Å². The van der Waals surface area contributed by atoms with Crippen LogP contribution in [-0.2, 0) is 22.7 Å². The Balaban J connectivity index is 1.56. The fourth-order valence-corrected chi connectivity index (χ4v) is 3.09. The summed E-state index contributed by atoms with van der Waals surface area (Å²) in [6.45, 7) is 2.02. The van der Waals surface area contributed by atoms with E-state index in [1.807, 2.05) is 29.0 Å². The second kappa shape index (κ2) is 8.46. The molecule has 1 N–H and O–H groups in total. The van der Waals surface area contributed by atoms with Crippen LogP contribution in [-0.4, -0.2) is 39.4 Å². The van der Waals surface area contributed by atoms with Gasteiger partial charge in [-0.2, -0.15) is 0 Å². The molecule has 1 aliphatic heterocycles. The van der Waals surface area contributed by atoms with Crippen LogP contribution in [0, 0.1) is 0 Å². The van der Waals surface area contributed by atoms with Gasteiger partial charge < -0.3 is 14.8 Å².